The second-order valence-corrected chi connectivity index (χ2v) is 10.3. The van der Waals surface area contributed by atoms with Crippen LogP contribution in [0.2, 0.25) is 19.6 Å². The van der Waals surface area contributed by atoms with Crippen molar-refractivity contribution in [2.45, 2.75) is 58.7 Å². The van der Waals surface area contributed by atoms with Gasteiger partial charge in [0.25, 0.3) is 0 Å². The molecule has 90 valence electrons. The van der Waals surface area contributed by atoms with Crippen molar-refractivity contribution in [3.63, 3.8) is 0 Å². The fourth-order valence-electron chi connectivity index (χ4n) is 1.35. The molecule has 0 saturated carbocycles. The van der Waals surface area contributed by atoms with Crippen LogP contribution >= 0.6 is 22.6 Å². The van der Waals surface area contributed by atoms with Crippen LogP contribution < -0.4 is 0 Å². The summed E-state index contributed by atoms with van der Waals surface area (Å²) in [7, 11) is -1.40. The molecule has 0 unspecified atom stereocenters. The smallest absolute Gasteiger partial charge is 0.241 e. The highest BCUT2D eigenvalue weighted by Gasteiger charge is 2.17. The number of halogens is 1. The molecule has 0 N–H and O–H groups in total. The lowest BCUT2D eigenvalue weighted by Gasteiger charge is -2.22. The number of alkyl halides is 1. The van der Waals surface area contributed by atoms with Crippen LogP contribution in [0.1, 0.15) is 39.0 Å². The van der Waals surface area contributed by atoms with Crippen LogP contribution in [0.3, 0.4) is 0 Å². The number of allylic oxidation sites excluding steroid dienone is 2. The minimum absolute atomic E-state index is 1.13. The average Bonchev–Trinajstić information content (AvgIpc) is 2.12. The highest BCUT2D eigenvalue weighted by Crippen LogP contribution is 2.17. The van der Waals surface area contributed by atoms with E-state index in [-0.39, 0.29) is 0 Å². The Morgan fingerprint density at radius 2 is 1.93 bits per heavy atom. The van der Waals surface area contributed by atoms with Gasteiger partial charge in [-0.2, -0.15) is 0 Å². The highest BCUT2D eigenvalue weighted by molar-refractivity contribution is 14.1. The molecule has 0 spiro atoms. The molecule has 15 heavy (non-hydrogen) atoms. The van der Waals surface area contributed by atoms with E-state index in [0.29, 0.717) is 0 Å². The van der Waals surface area contributed by atoms with Gasteiger partial charge >= 0.3 is 0 Å². The van der Waals surface area contributed by atoms with Gasteiger partial charge in [-0.3, -0.25) is 0 Å². The molecule has 0 aliphatic rings. The molecule has 0 fully saturated rings. The Kier molecular flexibility index (Phi) is 8.90. The Morgan fingerprint density at radius 3 is 2.40 bits per heavy atom. The Labute approximate surface area is 110 Å². The van der Waals surface area contributed by atoms with Gasteiger partial charge < -0.3 is 4.43 Å². The summed E-state index contributed by atoms with van der Waals surface area (Å²) in [5.74, 6) is 1.25. The highest BCUT2D eigenvalue weighted by atomic mass is 127. The Balaban J connectivity index is 4.07. The van der Waals surface area contributed by atoms with E-state index in [9.17, 15) is 0 Å². The molecule has 0 rings (SSSR count). The van der Waals surface area contributed by atoms with E-state index in [1.54, 1.807) is 0 Å². The molecule has 0 aromatic rings. The van der Waals surface area contributed by atoms with Crippen LogP contribution in [0.25, 0.3) is 0 Å². The van der Waals surface area contributed by atoms with Crippen LogP contribution in [-0.2, 0) is 4.43 Å². The molecular formula is C12H25IOSi. The maximum absolute atomic E-state index is 6.08. The fourth-order valence-corrected chi connectivity index (χ4v) is 2.64. The second-order valence-electron chi connectivity index (χ2n) is 4.82. The van der Waals surface area contributed by atoms with Crippen molar-refractivity contribution in [1.82, 2.24) is 0 Å². The van der Waals surface area contributed by atoms with Crippen LogP contribution in [0.15, 0.2) is 11.8 Å². The Morgan fingerprint density at radius 1 is 1.27 bits per heavy atom. The van der Waals surface area contributed by atoms with Crippen molar-refractivity contribution in [1.29, 1.82) is 0 Å². The third kappa shape index (κ3) is 10.8. The first-order valence-electron chi connectivity index (χ1n) is 5.93. The zero-order valence-corrected chi connectivity index (χ0v) is 13.8. The van der Waals surface area contributed by atoms with Gasteiger partial charge in [0.1, 0.15) is 0 Å². The van der Waals surface area contributed by atoms with Gasteiger partial charge in [-0.15, -0.1) is 0 Å². The maximum Gasteiger partial charge on any atom is 0.241 e. The Hall–Kier alpha value is 0.487. The van der Waals surface area contributed by atoms with E-state index in [0.717, 1.165) is 12.8 Å². The van der Waals surface area contributed by atoms with Crippen LogP contribution in [0.4, 0.5) is 0 Å². The third-order valence-electron chi connectivity index (χ3n) is 1.95. The summed E-state index contributed by atoms with van der Waals surface area (Å²) in [6.45, 7) is 9.01. The molecule has 0 aromatic heterocycles. The zero-order valence-electron chi connectivity index (χ0n) is 10.6. The average molecular weight is 340 g/mol. The summed E-state index contributed by atoms with van der Waals surface area (Å²) in [6, 6.07) is 0. The van der Waals surface area contributed by atoms with Gasteiger partial charge in [-0.25, -0.2) is 0 Å². The maximum atomic E-state index is 6.08. The molecule has 0 heterocycles. The van der Waals surface area contributed by atoms with E-state index >= 15 is 0 Å². The summed E-state index contributed by atoms with van der Waals surface area (Å²) >= 11 is 2.41. The lowest BCUT2D eigenvalue weighted by molar-refractivity contribution is 0.390. The van der Waals surface area contributed by atoms with E-state index in [1.807, 2.05) is 0 Å². The predicted molar refractivity (Wildman–Crippen MR) is 80.2 cm³/mol. The third-order valence-corrected chi connectivity index (χ3v) is 3.44. The van der Waals surface area contributed by atoms with Crippen molar-refractivity contribution in [2.24, 2.45) is 0 Å². The summed E-state index contributed by atoms with van der Waals surface area (Å²) in [4.78, 5) is 0. The largest absolute Gasteiger partial charge is 0.548 e. The molecule has 0 aliphatic carbocycles. The molecule has 0 saturated heterocycles. The normalized spacial score (nSPS) is 13.0. The van der Waals surface area contributed by atoms with Crippen LogP contribution in [0.5, 0.6) is 0 Å². The minimum atomic E-state index is -1.40. The van der Waals surface area contributed by atoms with Crippen LogP contribution in [-0.4, -0.2) is 12.7 Å². The predicted octanol–water partition coefficient (Wildman–Crippen LogP) is 5.13. The Bertz CT molecular complexity index is 185. The molecular weight excluding hydrogens is 315 g/mol. The summed E-state index contributed by atoms with van der Waals surface area (Å²) in [5.41, 5.74) is 0. The molecule has 0 amide bonds. The standard InChI is InChI=1S/C12H25IOSi/c1-5-6-7-9-12(10-8-11-13)14-15(2,3)4/h10H,5-9,11H2,1-4H3/b12-10+. The molecule has 3 heteroatoms. The van der Waals surface area contributed by atoms with E-state index in [2.05, 4.69) is 55.2 Å². The summed E-state index contributed by atoms with van der Waals surface area (Å²) in [5, 5.41) is 0. The zero-order chi connectivity index (χ0) is 11.7. The SMILES string of the molecule is CCCCC/C(=C\CCI)O[Si](C)(C)C. The fraction of sp³-hybridized carbons (Fsp3) is 0.833. The first kappa shape index (κ1) is 15.5. The first-order valence-corrected chi connectivity index (χ1v) is 10.9. The molecule has 0 atom stereocenters. The van der Waals surface area contributed by atoms with Crippen molar-refractivity contribution < 1.29 is 4.43 Å². The first-order chi connectivity index (χ1) is 6.99. The molecule has 0 radical (unpaired) electrons. The van der Waals surface area contributed by atoms with Gasteiger partial charge in [-0.1, -0.05) is 42.4 Å². The number of rotatable bonds is 8. The minimum Gasteiger partial charge on any atom is -0.548 e. The van der Waals surface area contributed by atoms with Crippen molar-refractivity contribution in [2.75, 3.05) is 4.43 Å². The number of hydrogen-bond donors (Lipinski definition) is 0. The van der Waals surface area contributed by atoms with Gasteiger partial charge in [0.15, 0.2) is 0 Å². The topological polar surface area (TPSA) is 9.23 Å². The van der Waals surface area contributed by atoms with Gasteiger partial charge in [0.2, 0.25) is 8.32 Å². The quantitative estimate of drug-likeness (QED) is 0.196. The lowest BCUT2D eigenvalue weighted by atomic mass is 10.2. The van der Waals surface area contributed by atoms with Crippen molar-refractivity contribution >= 4 is 30.9 Å². The summed E-state index contributed by atoms with van der Waals surface area (Å²) in [6.07, 6.45) is 8.44. The van der Waals surface area contributed by atoms with Gasteiger partial charge in [0.05, 0.1) is 5.76 Å². The number of hydrogen-bond acceptors (Lipinski definition) is 1. The van der Waals surface area contributed by atoms with Gasteiger partial charge in [-0.05, 0) is 38.6 Å². The van der Waals surface area contributed by atoms with E-state index < -0.39 is 8.32 Å². The van der Waals surface area contributed by atoms with Crippen LogP contribution in [0, 0.1) is 0 Å². The van der Waals surface area contributed by atoms with Crippen molar-refractivity contribution in [3.05, 3.63) is 11.8 Å². The summed E-state index contributed by atoms with van der Waals surface area (Å²) < 4.78 is 7.27. The monoisotopic (exact) mass is 340 g/mol. The molecule has 0 aromatic carbocycles. The van der Waals surface area contributed by atoms with Gasteiger partial charge in [0, 0.05) is 10.8 Å². The molecule has 1 nitrogen and oxygen atoms in total. The second kappa shape index (κ2) is 8.62. The van der Waals surface area contributed by atoms with E-state index in [4.69, 9.17) is 4.43 Å². The molecule has 0 bridgehead atoms. The van der Waals surface area contributed by atoms with Crippen molar-refractivity contribution in [3.8, 4) is 0 Å². The molecule has 0 aliphatic heterocycles. The number of unbranched alkanes of at least 4 members (excludes halogenated alkanes) is 2. The lowest BCUT2D eigenvalue weighted by Crippen LogP contribution is -2.24. The van der Waals surface area contributed by atoms with E-state index in [1.165, 1.54) is 29.4 Å².